The van der Waals surface area contributed by atoms with Crippen LogP contribution >= 0.6 is 15.9 Å². The Morgan fingerprint density at radius 2 is 1.84 bits per heavy atom. The molecule has 0 spiro atoms. The number of benzene rings is 1. The van der Waals surface area contributed by atoms with E-state index in [2.05, 4.69) is 21.2 Å². The summed E-state index contributed by atoms with van der Waals surface area (Å²) in [7, 11) is 0. The minimum Gasteiger partial charge on any atom is -0.314 e. The molecule has 1 atom stereocenters. The van der Waals surface area contributed by atoms with Crippen LogP contribution < -0.4 is 5.32 Å². The Morgan fingerprint density at radius 3 is 2.37 bits per heavy atom. The molecule has 1 aromatic carbocycles. The van der Waals surface area contributed by atoms with Gasteiger partial charge in [0.25, 0.3) is 0 Å². The van der Waals surface area contributed by atoms with Gasteiger partial charge in [0.15, 0.2) is 0 Å². The number of nitrogens with zero attached hydrogens (tertiary/aromatic N) is 1. The van der Waals surface area contributed by atoms with Crippen molar-refractivity contribution in [1.82, 2.24) is 10.2 Å². The summed E-state index contributed by atoms with van der Waals surface area (Å²) in [5, 5.41) is 2.99. The van der Waals surface area contributed by atoms with Gasteiger partial charge in [0, 0.05) is 36.2 Å². The van der Waals surface area contributed by atoms with Gasteiger partial charge in [0.1, 0.15) is 11.9 Å². The van der Waals surface area contributed by atoms with Crippen molar-refractivity contribution in [3.05, 3.63) is 34.1 Å². The Morgan fingerprint density at radius 1 is 1.21 bits per heavy atom. The number of rotatable bonds is 2. The van der Waals surface area contributed by atoms with E-state index in [4.69, 9.17) is 0 Å². The SMILES string of the molecule is Fc1cc(Br)ccc1[C@H](N1CCNCC1)C(F)(F)F. The van der Waals surface area contributed by atoms with Gasteiger partial charge in [-0.2, -0.15) is 13.2 Å². The zero-order chi connectivity index (χ0) is 14.0. The Bertz CT molecular complexity index is 444. The first-order chi connectivity index (χ1) is 8.89. The van der Waals surface area contributed by atoms with Crippen molar-refractivity contribution in [1.29, 1.82) is 0 Å². The van der Waals surface area contributed by atoms with Gasteiger partial charge in [0.05, 0.1) is 0 Å². The molecule has 2 rings (SSSR count). The number of hydrogen-bond acceptors (Lipinski definition) is 2. The minimum atomic E-state index is -4.49. The smallest absolute Gasteiger partial charge is 0.314 e. The zero-order valence-corrected chi connectivity index (χ0v) is 11.6. The minimum absolute atomic E-state index is 0.250. The first-order valence-electron chi connectivity index (χ1n) is 5.86. The second-order valence-corrected chi connectivity index (χ2v) is 5.31. The number of nitrogens with one attached hydrogen (secondary N) is 1. The number of piperazine rings is 1. The molecule has 0 amide bonds. The van der Waals surface area contributed by atoms with Gasteiger partial charge in [-0.1, -0.05) is 22.0 Å². The molecule has 1 N–H and O–H groups in total. The second-order valence-electron chi connectivity index (χ2n) is 4.40. The quantitative estimate of drug-likeness (QED) is 0.832. The summed E-state index contributed by atoms with van der Waals surface area (Å²) in [5.41, 5.74) is -0.322. The van der Waals surface area contributed by atoms with Crippen LogP contribution in [0.2, 0.25) is 0 Å². The van der Waals surface area contributed by atoms with Gasteiger partial charge >= 0.3 is 6.18 Å². The van der Waals surface area contributed by atoms with Crippen molar-refractivity contribution in [2.24, 2.45) is 0 Å². The third-order valence-corrected chi connectivity index (χ3v) is 3.58. The van der Waals surface area contributed by atoms with Crippen molar-refractivity contribution in [2.45, 2.75) is 12.2 Å². The van der Waals surface area contributed by atoms with Gasteiger partial charge in [-0.05, 0) is 12.1 Å². The highest BCUT2D eigenvalue weighted by Gasteiger charge is 2.46. The van der Waals surface area contributed by atoms with Crippen molar-refractivity contribution >= 4 is 15.9 Å². The normalized spacial score (nSPS) is 19.4. The molecule has 0 unspecified atom stereocenters. The predicted octanol–water partition coefficient (Wildman–Crippen LogP) is 3.10. The number of alkyl halides is 3. The van der Waals surface area contributed by atoms with Crippen LogP contribution in [0.4, 0.5) is 17.6 Å². The fraction of sp³-hybridized carbons (Fsp3) is 0.500. The molecule has 0 radical (unpaired) electrons. The Balaban J connectivity index is 2.36. The molecule has 0 aromatic heterocycles. The lowest BCUT2D eigenvalue weighted by Gasteiger charge is -2.36. The Hall–Kier alpha value is -0.660. The largest absolute Gasteiger partial charge is 0.408 e. The molecule has 0 saturated carbocycles. The monoisotopic (exact) mass is 340 g/mol. The highest BCUT2D eigenvalue weighted by molar-refractivity contribution is 9.10. The summed E-state index contributed by atoms with van der Waals surface area (Å²) < 4.78 is 53.9. The lowest BCUT2D eigenvalue weighted by molar-refractivity contribution is -0.188. The maximum atomic E-state index is 13.8. The first-order valence-corrected chi connectivity index (χ1v) is 6.65. The van der Waals surface area contributed by atoms with Crippen molar-refractivity contribution < 1.29 is 17.6 Å². The van der Waals surface area contributed by atoms with Crippen molar-refractivity contribution in [3.8, 4) is 0 Å². The van der Waals surface area contributed by atoms with Gasteiger partial charge in [0.2, 0.25) is 0 Å². The van der Waals surface area contributed by atoms with Crippen LogP contribution in [0.15, 0.2) is 22.7 Å². The summed E-state index contributed by atoms with van der Waals surface area (Å²) in [6.07, 6.45) is -4.49. The van der Waals surface area contributed by atoms with Crippen LogP contribution in [-0.4, -0.2) is 37.3 Å². The molecule has 1 fully saturated rings. The summed E-state index contributed by atoms with van der Waals surface area (Å²) in [6.45, 7) is 1.45. The summed E-state index contributed by atoms with van der Waals surface area (Å²) in [6, 6.07) is 1.80. The van der Waals surface area contributed by atoms with E-state index < -0.39 is 18.0 Å². The Labute approximate surface area is 116 Å². The molecule has 106 valence electrons. The molecule has 2 nitrogen and oxygen atoms in total. The molecule has 1 aliphatic heterocycles. The van der Waals surface area contributed by atoms with Crippen LogP contribution in [0.25, 0.3) is 0 Å². The van der Waals surface area contributed by atoms with E-state index in [-0.39, 0.29) is 18.7 Å². The molecular weight excluding hydrogens is 328 g/mol. The second kappa shape index (κ2) is 5.76. The zero-order valence-electron chi connectivity index (χ0n) is 9.97. The molecule has 1 heterocycles. The molecular formula is C12H13BrF4N2. The fourth-order valence-corrected chi connectivity index (χ4v) is 2.58. The third kappa shape index (κ3) is 3.46. The first kappa shape index (κ1) is 14.7. The van der Waals surface area contributed by atoms with E-state index in [0.717, 1.165) is 6.07 Å². The Kier molecular flexibility index (Phi) is 4.47. The van der Waals surface area contributed by atoms with Gasteiger partial charge < -0.3 is 5.32 Å². The van der Waals surface area contributed by atoms with E-state index in [1.165, 1.54) is 17.0 Å². The fourth-order valence-electron chi connectivity index (χ4n) is 2.24. The highest BCUT2D eigenvalue weighted by Crippen LogP contribution is 2.39. The maximum Gasteiger partial charge on any atom is 0.408 e. The van der Waals surface area contributed by atoms with Crippen LogP contribution in [0, 0.1) is 5.82 Å². The van der Waals surface area contributed by atoms with Gasteiger partial charge in [-0.15, -0.1) is 0 Å². The van der Waals surface area contributed by atoms with Gasteiger partial charge in [-0.3, -0.25) is 4.90 Å². The molecule has 1 aliphatic rings. The third-order valence-electron chi connectivity index (χ3n) is 3.08. The summed E-state index contributed by atoms with van der Waals surface area (Å²) in [5.74, 6) is -0.838. The van der Waals surface area contributed by atoms with Crippen LogP contribution in [0.5, 0.6) is 0 Å². The summed E-state index contributed by atoms with van der Waals surface area (Å²) in [4.78, 5) is 1.27. The van der Waals surface area contributed by atoms with E-state index >= 15 is 0 Å². The van der Waals surface area contributed by atoms with Crippen molar-refractivity contribution in [3.63, 3.8) is 0 Å². The van der Waals surface area contributed by atoms with E-state index in [1.54, 1.807) is 0 Å². The van der Waals surface area contributed by atoms with E-state index in [1.807, 2.05) is 0 Å². The van der Waals surface area contributed by atoms with Gasteiger partial charge in [-0.25, -0.2) is 4.39 Å². The molecule has 7 heteroatoms. The standard InChI is InChI=1S/C12H13BrF4N2/c13-8-1-2-9(10(14)7-8)11(12(15,16)17)19-5-3-18-4-6-19/h1-2,7,11,18H,3-6H2/t11-/m0/s1. The van der Waals surface area contributed by atoms with Crippen LogP contribution in [0.1, 0.15) is 11.6 Å². The van der Waals surface area contributed by atoms with Crippen LogP contribution in [0.3, 0.4) is 0 Å². The average molecular weight is 341 g/mol. The number of hydrogen-bond donors (Lipinski definition) is 1. The predicted molar refractivity (Wildman–Crippen MR) is 67.3 cm³/mol. The highest BCUT2D eigenvalue weighted by atomic mass is 79.9. The molecule has 1 aromatic rings. The molecule has 19 heavy (non-hydrogen) atoms. The lowest BCUT2D eigenvalue weighted by atomic mass is 10.0. The van der Waals surface area contributed by atoms with E-state index in [9.17, 15) is 17.6 Å². The van der Waals surface area contributed by atoms with Crippen molar-refractivity contribution in [2.75, 3.05) is 26.2 Å². The molecule has 1 saturated heterocycles. The topological polar surface area (TPSA) is 15.3 Å². The average Bonchev–Trinajstić information content (AvgIpc) is 2.32. The van der Waals surface area contributed by atoms with Crippen LogP contribution in [-0.2, 0) is 0 Å². The maximum absolute atomic E-state index is 13.8. The lowest BCUT2D eigenvalue weighted by Crippen LogP contribution is -2.49. The molecule has 0 aliphatic carbocycles. The van der Waals surface area contributed by atoms with E-state index in [0.29, 0.717) is 17.6 Å². The molecule has 0 bridgehead atoms. The summed E-state index contributed by atoms with van der Waals surface area (Å²) >= 11 is 3.05. The number of halogens is 5.